The summed E-state index contributed by atoms with van der Waals surface area (Å²) >= 11 is 0. The number of nitrogens with one attached hydrogen (secondary N) is 1. The van der Waals surface area contributed by atoms with Crippen molar-refractivity contribution in [2.45, 2.75) is 27.2 Å². The average Bonchev–Trinajstić information content (AvgIpc) is 2.39. The van der Waals surface area contributed by atoms with Crippen LogP contribution >= 0.6 is 0 Å². The molecule has 1 amide bonds. The van der Waals surface area contributed by atoms with Crippen molar-refractivity contribution in [3.63, 3.8) is 0 Å². The average molecular weight is 250 g/mol. The molecular formula is C14H22N2O2. The Balaban J connectivity index is 2.94. The van der Waals surface area contributed by atoms with Crippen LogP contribution in [0.4, 0.5) is 5.69 Å². The Hall–Kier alpha value is -1.55. The van der Waals surface area contributed by atoms with Gasteiger partial charge in [0.2, 0.25) is 5.91 Å². The molecule has 18 heavy (non-hydrogen) atoms. The summed E-state index contributed by atoms with van der Waals surface area (Å²) in [6, 6.07) is 5.67. The lowest BCUT2D eigenvalue weighted by atomic mass is 9.86. The summed E-state index contributed by atoms with van der Waals surface area (Å²) in [5.41, 5.74) is 6.90. The highest BCUT2D eigenvalue weighted by atomic mass is 16.5. The maximum Gasteiger partial charge on any atom is 0.231 e. The number of benzene rings is 1. The molecule has 0 aliphatic heterocycles. The molecule has 1 rings (SSSR count). The predicted molar refractivity (Wildman–Crippen MR) is 73.8 cm³/mol. The Morgan fingerprint density at radius 3 is 2.67 bits per heavy atom. The topological polar surface area (TPSA) is 64.4 Å². The molecule has 1 atom stereocenters. The summed E-state index contributed by atoms with van der Waals surface area (Å²) in [7, 11) is 1.59. The number of methoxy groups -OCH3 is 1. The molecule has 4 nitrogen and oxygen atoms in total. The molecule has 0 saturated heterocycles. The number of amides is 1. The predicted octanol–water partition coefficient (Wildman–Crippen LogP) is 2.32. The van der Waals surface area contributed by atoms with Gasteiger partial charge in [-0.3, -0.25) is 4.79 Å². The summed E-state index contributed by atoms with van der Waals surface area (Å²) < 4.78 is 5.26. The van der Waals surface area contributed by atoms with Crippen molar-refractivity contribution in [1.29, 1.82) is 0 Å². The molecule has 0 aliphatic carbocycles. The summed E-state index contributed by atoms with van der Waals surface area (Å²) in [6.07, 6.45) is 0.698. The Morgan fingerprint density at radius 1 is 1.50 bits per heavy atom. The van der Waals surface area contributed by atoms with E-state index in [-0.39, 0.29) is 5.91 Å². The molecule has 3 N–H and O–H groups in total. The first kappa shape index (κ1) is 14.5. The number of hydrogen-bond donors (Lipinski definition) is 2. The Morgan fingerprint density at radius 2 is 2.17 bits per heavy atom. The molecule has 0 fully saturated rings. The Labute approximate surface area is 109 Å². The van der Waals surface area contributed by atoms with Crippen LogP contribution in [0, 0.1) is 12.3 Å². The second kappa shape index (κ2) is 5.87. The first-order chi connectivity index (χ1) is 8.46. The third-order valence-electron chi connectivity index (χ3n) is 3.38. The summed E-state index contributed by atoms with van der Waals surface area (Å²) in [5.74, 6) is 0.591. The van der Waals surface area contributed by atoms with E-state index >= 15 is 0 Å². The molecule has 0 spiro atoms. The van der Waals surface area contributed by atoms with Crippen LogP contribution in [0.15, 0.2) is 18.2 Å². The highest BCUT2D eigenvalue weighted by Gasteiger charge is 2.30. The van der Waals surface area contributed by atoms with Crippen molar-refractivity contribution in [2.24, 2.45) is 11.1 Å². The van der Waals surface area contributed by atoms with Gasteiger partial charge in [-0.1, -0.05) is 13.0 Å². The zero-order chi connectivity index (χ0) is 13.8. The highest BCUT2D eigenvalue weighted by Crippen LogP contribution is 2.28. The van der Waals surface area contributed by atoms with Crippen LogP contribution in [-0.4, -0.2) is 19.6 Å². The van der Waals surface area contributed by atoms with E-state index in [2.05, 4.69) is 5.32 Å². The fraction of sp³-hybridized carbons (Fsp3) is 0.500. The standard InChI is InChI=1S/C14H22N2O2/c1-5-14(3,9-15)13(17)16-11-7-6-10(2)8-12(11)18-4/h6-8H,5,9,15H2,1-4H3,(H,16,17). The van der Waals surface area contributed by atoms with Gasteiger partial charge in [0, 0.05) is 6.54 Å². The molecule has 0 bridgehead atoms. The van der Waals surface area contributed by atoms with Gasteiger partial charge in [-0.05, 0) is 38.0 Å². The molecule has 0 heterocycles. The van der Waals surface area contributed by atoms with Gasteiger partial charge in [0.05, 0.1) is 18.2 Å². The maximum absolute atomic E-state index is 12.2. The van der Waals surface area contributed by atoms with E-state index in [0.29, 0.717) is 24.4 Å². The quantitative estimate of drug-likeness (QED) is 0.843. The fourth-order valence-electron chi connectivity index (χ4n) is 1.57. The molecule has 1 unspecified atom stereocenters. The van der Waals surface area contributed by atoms with Gasteiger partial charge >= 0.3 is 0 Å². The van der Waals surface area contributed by atoms with Crippen LogP contribution in [0.2, 0.25) is 0 Å². The second-order valence-corrected chi connectivity index (χ2v) is 4.78. The second-order valence-electron chi connectivity index (χ2n) is 4.78. The maximum atomic E-state index is 12.2. The smallest absolute Gasteiger partial charge is 0.231 e. The Bertz CT molecular complexity index is 426. The van der Waals surface area contributed by atoms with Crippen LogP contribution in [0.1, 0.15) is 25.8 Å². The number of carbonyl (C=O) groups excluding carboxylic acids is 1. The number of ether oxygens (including phenoxy) is 1. The van der Waals surface area contributed by atoms with Crippen molar-refractivity contribution in [3.8, 4) is 5.75 Å². The first-order valence-corrected chi connectivity index (χ1v) is 6.13. The molecule has 1 aromatic carbocycles. The first-order valence-electron chi connectivity index (χ1n) is 6.13. The van der Waals surface area contributed by atoms with Crippen molar-refractivity contribution in [3.05, 3.63) is 23.8 Å². The number of rotatable bonds is 5. The number of carbonyl (C=O) groups is 1. The van der Waals surface area contributed by atoms with E-state index in [1.165, 1.54) is 0 Å². The highest BCUT2D eigenvalue weighted by molar-refractivity contribution is 5.96. The number of anilines is 1. The van der Waals surface area contributed by atoms with E-state index < -0.39 is 5.41 Å². The van der Waals surface area contributed by atoms with Crippen LogP contribution in [0.5, 0.6) is 5.75 Å². The van der Waals surface area contributed by atoms with Gasteiger partial charge in [0.15, 0.2) is 0 Å². The molecule has 0 aromatic heterocycles. The normalized spacial score (nSPS) is 13.8. The van der Waals surface area contributed by atoms with E-state index in [0.717, 1.165) is 5.56 Å². The summed E-state index contributed by atoms with van der Waals surface area (Å²) in [4.78, 5) is 12.2. The van der Waals surface area contributed by atoms with Gasteiger partial charge < -0.3 is 15.8 Å². The van der Waals surface area contributed by atoms with Crippen LogP contribution in [0.3, 0.4) is 0 Å². The van der Waals surface area contributed by atoms with E-state index in [1.807, 2.05) is 39.0 Å². The molecule has 1 aromatic rings. The zero-order valence-corrected chi connectivity index (χ0v) is 11.5. The third kappa shape index (κ3) is 3.01. The minimum absolute atomic E-state index is 0.0744. The molecule has 100 valence electrons. The molecule has 0 aliphatic rings. The van der Waals surface area contributed by atoms with Crippen molar-refractivity contribution >= 4 is 11.6 Å². The zero-order valence-electron chi connectivity index (χ0n) is 11.5. The van der Waals surface area contributed by atoms with E-state index in [1.54, 1.807) is 7.11 Å². The van der Waals surface area contributed by atoms with Crippen LogP contribution in [0.25, 0.3) is 0 Å². The Kier molecular flexibility index (Phi) is 4.73. The van der Waals surface area contributed by atoms with Gasteiger partial charge in [0.25, 0.3) is 0 Å². The number of hydrogen-bond acceptors (Lipinski definition) is 3. The fourth-order valence-corrected chi connectivity index (χ4v) is 1.57. The van der Waals surface area contributed by atoms with Gasteiger partial charge in [-0.15, -0.1) is 0 Å². The number of aryl methyl sites for hydroxylation is 1. The summed E-state index contributed by atoms with van der Waals surface area (Å²) in [6.45, 7) is 6.12. The number of nitrogens with two attached hydrogens (primary N) is 1. The van der Waals surface area contributed by atoms with Crippen molar-refractivity contribution in [2.75, 3.05) is 19.0 Å². The lowest BCUT2D eigenvalue weighted by Crippen LogP contribution is -2.39. The SMILES string of the molecule is CCC(C)(CN)C(=O)Nc1ccc(C)cc1OC. The molecule has 0 radical (unpaired) electrons. The molecular weight excluding hydrogens is 228 g/mol. The monoisotopic (exact) mass is 250 g/mol. The minimum Gasteiger partial charge on any atom is -0.495 e. The lowest BCUT2D eigenvalue weighted by molar-refractivity contribution is -0.124. The van der Waals surface area contributed by atoms with Gasteiger partial charge in [0.1, 0.15) is 5.75 Å². The third-order valence-corrected chi connectivity index (χ3v) is 3.38. The van der Waals surface area contributed by atoms with Crippen molar-refractivity contribution in [1.82, 2.24) is 0 Å². The lowest BCUT2D eigenvalue weighted by Gasteiger charge is -2.25. The van der Waals surface area contributed by atoms with Gasteiger partial charge in [-0.2, -0.15) is 0 Å². The molecule has 0 saturated carbocycles. The van der Waals surface area contributed by atoms with Crippen LogP contribution in [-0.2, 0) is 4.79 Å². The van der Waals surface area contributed by atoms with Gasteiger partial charge in [-0.25, -0.2) is 0 Å². The van der Waals surface area contributed by atoms with Crippen LogP contribution < -0.4 is 15.8 Å². The summed E-state index contributed by atoms with van der Waals surface area (Å²) in [5, 5.41) is 2.89. The minimum atomic E-state index is -0.546. The molecule has 4 heteroatoms. The van der Waals surface area contributed by atoms with Crippen molar-refractivity contribution < 1.29 is 9.53 Å². The largest absolute Gasteiger partial charge is 0.495 e. The van der Waals surface area contributed by atoms with E-state index in [9.17, 15) is 4.79 Å². The van der Waals surface area contributed by atoms with E-state index in [4.69, 9.17) is 10.5 Å².